The maximum Gasteiger partial charge on any atom is 0.349 e. The van der Waals surface area contributed by atoms with Crippen molar-refractivity contribution < 1.29 is 38.8 Å². The molecule has 0 aromatic heterocycles. The Morgan fingerprint density at radius 3 is 2.71 bits per heavy atom. The summed E-state index contributed by atoms with van der Waals surface area (Å²) in [6.07, 6.45) is -0.711. The molecular weight excluding hydrogens is 290 g/mol. The lowest BCUT2D eigenvalue weighted by molar-refractivity contribution is -0.466. The molecule has 11 heteroatoms. The van der Waals surface area contributed by atoms with Crippen LogP contribution in [0, 0.1) is 0 Å². The van der Waals surface area contributed by atoms with Crippen LogP contribution >= 0.6 is 0 Å². The van der Waals surface area contributed by atoms with Gasteiger partial charge in [0.25, 0.3) is 0 Å². The zero-order valence-electron chi connectivity index (χ0n) is 10.9. The van der Waals surface area contributed by atoms with Crippen LogP contribution in [0.4, 0.5) is 0 Å². The van der Waals surface area contributed by atoms with Gasteiger partial charge in [0.05, 0.1) is 0 Å². The molecule has 1 fully saturated rings. The molecule has 1 aliphatic heterocycles. The highest BCUT2D eigenvalue weighted by atomic mass is 17.2. The van der Waals surface area contributed by atoms with Crippen molar-refractivity contribution in [2.45, 2.75) is 37.8 Å². The summed E-state index contributed by atoms with van der Waals surface area (Å²) < 4.78 is 0. The Kier molecular flexibility index (Phi) is 6.02. The second-order valence-electron chi connectivity index (χ2n) is 4.19. The number of aliphatic carboxylic acids is 1. The fraction of sp³-hybridized carbons (Fsp3) is 0.600. The number of hydrogen-bond acceptors (Lipinski definition) is 10. The molecule has 21 heavy (non-hydrogen) atoms. The Bertz CT molecular complexity index is 440. The third-order valence-electron chi connectivity index (χ3n) is 2.44. The van der Waals surface area contributed by atoms with Crippen molar-refractivity contribution in [1.82, 2.24) is 5.39 Å². The number of carbonyl (C=O) groups is 4. The van der Waals surface area contributed by atoms with Gasteiger partial charge in [-0.25, -0.2) is 9.59 Å². The monoisotopic (exact) mass is 305 g/mol. The van der Waals surface area contributed by atoms with Crippen LogP contribution in [0.25, 0.3) is 0 Å². The predicted molar refractivity (Wildman–Crippen MR) is 62.2 cm³/mol. The van der Waals surface area contributed by atoms with E-state index in [2.05, 4.69) is 14.5 Å². The van der Waals surface area contributed by atoms with Gasteiger partial charge >= 0.3 is 23.9 Å². The molecule has 5 N–H and O–H groups in total. The minimum atomic E-state index is -1.29. The van der Waals surface area contributed by atoms with Crippen LogP contribution in [-0.4, -0.2) is 46.5 Å². The largest absolute Gasteiger partial charge is 0.481 e. The number of carboxylic acid groups (broad SMARTS) is 1. The van der Waals surface area contributed by atoms with Crippen molar-refractivity contribution in [1.29, 1.82) is 0 Å². The van der Waals surface area contributed by atoms with Crippen molar-refractivity contribution in [3.05, 3.63) is 0 Å². The van der Waals surface area contributed by atoms with Gasteiger partial charge in [0.15, 0.2) is 0 Å². The van der Waals surface area contributed by atoms with Crippen LogP contribution in [0.1, 0.15) is 25.7 Å². The highest BCUT2D eigenvalue weighted by Crippen LogP contribution is 2.10. The lowest BCUT2D eigenvalue weighted by Gasteiger charge is -2.22. The molecule has 0 spiro atoms. The van der Waals surface area contributed by atoms with Gasteiger partial charge in [-0.05, 0) is 12.8 Å². The van der Waals surface area contributed by atoms with Crippen LogP contribution in [0.2, 0.25) is 0 Å². The summed E-state index contributed by atoms with van der Waals surface area (Å²) in [7, 11) is 0. The average molecular weight is 305 g/mol. The van der Waals surface area contributed by atoms with Crippen molar-refractivity contribution >= 4 is 23.9 Å². The molecule has 0 unspecified atom stereocenters. The van der Waals surface area contributed by atoms with Crippen LogP contribution < -0.4 is 11.5 Å². The van der Waals surface area contributed by atoms with Gasteiger partial charge in [0, 0.05) is 12.8 Å². The molecular formula is C10H15N3O8. The van der Waals surface area contributed by atoms with E-state index >= 15 is 0 Å². The van der Waals surface area contributed by atoms with E-state index in [-0.39, 0.29) is 31.1 Å². The van der Waals surface area contributed by atoms with Crippen LogP contribution in [0.15, 0.2) is 0 Å². The minimum absolute atomic E-state index is 0.0254. The Morgan fingerprint density at radius 1 is 1.43 bits per heavy atom. The molecule has 0 saturated carbocycles. The molecule has 1 rings (SSSR count). The molecule has 1 aliphatic rings. The number of hydrogen-bond donors (Lipinski definition) is 3. The summed E-state index contributed by atoms with van der Waals surface area (Å²) in [6, 6.07) is -2.36. The fourth-order valence-electron chi connectivity index (χ4n) is 1.26. The van der Waals surface area contributed by atoms with Gasteiger partial charge in [-0.15, -0.1) is 0 Å². The maximum absolute atomic E-state index is 11.5. The fourth-order valence-corrected chi connectivity index (χ4v) is 1.26. The van der Waals surface area contributed by atoms with Crippen molar-refractivity contribution in [2.24, 2.45) is 11.5 Å². The van der Waals surface area contributed by atoms with Crippen molar-refractivity contribution in [3.8, 4) is 0 Å². The summed E-state index contributed by atoms with van der Waals surface area (Å²) in [5.74, 6) is -4.07. The number of nitrogens with two attached hydrogens (primary N) is 2. The molecule has 0 aliphatic carbocycles. The molecule has 2 atom stereocenters. The molecule has 11 nitrogen and oxygen atoms in total. The molecule has 0 aromatic carbocycles. The van der Waals surface area contributed by atoms with Gasteiger partial charge in [0.1, 0.15) is 12.1 Å². The second-order valence-corrected chi connectivity index (χ2v) is 4.19. The van der Waals surface area contributed by atoms with E-state index < -0.39 is 36.0 Å². The quantitative estimate of drug-likeness (QED) is 0.511. The second kappa shape index (κ2) is 7.52. The zero-order chi connectivity index (χ0) is 16.0. The molecule has 0 amide bonds. The number of rotatable bonds is 5. The van der Waals surface area contributed by atoms with E-state index in [0.29, 0.717) is 0 Å². The van der Waals surface area contributed by atoms with E-state index in [1.807, 2.05) is 0 Å². The third-order valence-corrected chi connectivity index (χ3v) is 2.44. The average Bonchev–Trinajstić information content (AvgIpc) is 2.40. The number of carbonyl (C=O) groups excluding carboxylic acids is 3. The van der Waals surface area contributed by atoms with E-state index in [1.165, 1.54) is 0 Å². The topological polar surface area (TPSA) is 171 Å². The SMILES string of the molecule is N[C@@H]1CCC(=O)ON(OC(=O)[C@@H](N)CCC(=O)O)OC1=O. The van der Waals surface area contributed by atoms with E-state index in [9.17, 15) is 19.2 Å². The van der Waals surface area contributed by atoms with Crippen molar-refractivity contribution in [2.75, 3.05) is 0 Å². The molecule has 0 bridgehead atoms. The first-order valence-corrected chi connectivity index (χ1v) is 5.97. The number of nitrogens with zero attached hydrogens (tertiary/aromatic N) is 1. The third kappa shape index (κ3) is 5.72. The van der Waals surface area contributed by atoms with Gasteiger partial charge in [0.2, 0.25) is 5.39 Å². The highest BCUT2D eigenvalue weighted by molar-refractivity contribution is 5.78. The van der Waals surface area contributed by atoms with Gasteiger partial charge in [-0.2, -0.15) is 0 Å². The van der Waals surface area contributed by atoms with Crippen LogP contribution in [0.3, 0.4) is 0 Å². The van der Waals surface area contributed by atoms with E-state index in [1.54, 1.807) is 0 Å². The molecule has 1 saturated heterocycles. The normalized spacial score (nSPS) is 21.5. The molecule has 0 aromatic rings. The van der Waals surface area contributed by atoms with Crippen LogP contribution in [-0.2, 0) is 33.7 Å². The summed E-state index contributed by atoms with van der Waals surface area (Å²) in [6.45, 7) is 0. The van der Waals surface area contributed by atoms with E-state index in [4.69, 9.17) is 16.6 Å². The molecule has 0 radical (unpaired) electrons. The van der Waals surface area contributed by atoms with Gasteiger partial charge in [-0.1, -0.05) is 0 Å². The Labute approximate surface area is 118 Å². The van der Waals surface area contributed by atoms with Gasteiger partial charge in [-0.3, -0.25) is 19.3 Å². The smallest absolute Gasteiger partial charge is 0.349 e. The minimum Gasteiger partial charge on any atom is -0.481 e. The zero-order valence-corrected chi connectivity index (χ0v) is 10.9. The lowest BCUT2D eigenvalue weighted by Crippen LogP contribution is -2.45. The van der Waals surface area contributed by atoms with Crippen LogP contribution in [0.5, 0.6) is 0 Å². The Hall–Kier alpha value is -2.24. The highest BCUT2D eigenvalue weighted by Gasteiger charge is 2.31. The molecule has 1 heterocycles. The Balaban J connectivity index is 2.57. The predicted octanol–water partition coefficient (Wildman–Crippen LogP) is -2.02. The Morgan fingerprint density at radius 2 is 2.10 bits per heavy atom. The van der Waals surface area contributed by atoms with Gasteiger partial charge < -0.3 is 21.4 Å². The first-order valence-electron chi connectivity index (χ1n) is 5.97. The number of carboxylic acids is 1. The summed E-state index contributed by atoms with van der Waals surface area (Å²) in [4.78, 5) is 57.8. The molecule has 118 valence electrons. The first-order chi connectivity index (χ1) is 9.79. The maximum atomic E-state index is 11.5. The lowest BCUT2D eigenvalue weighted by atomic mass is 10.2. The standard InChI is InChI=1S/C10H15N3O8/c11-5(1-3-7(14)15)9(17)20-13-19-8(16)4-2-6(12)10(18)21-13/h5-6H,1-4,11-12H2,(H,14,15)/t5-,6+/m0/s1. The summed E-state index contributed by atoms with van der Waals surface area (Å²) >= 11 is 0. The summed E-state index contributed by atoms with van der Waals surface area (Å²) in [5.41, 5.74) is 10.8. The van der Waals surface area contributed by atoms with E-state index in [0.717, 1.165) is 0 Å². The summed E-state index contributed by atoms with van der Waals surface area (Å²) in [5, 5.41) is 8.39. The van der Waals surface area contributed by atoms with Crippen molar-refractivity contribution in [3.63, 3.8) is 0 Å². The first kappa shape index (κ1) is 16.8.